The van der Waals surface area contributed by atoms with Crippen LogP contribution in [0, 0.1) is 17.2 Å². The highest BCUT2D eigenvalue weighted by molar-refractivity contribution is 8.00. The minimum absolute atomic E-state index is 0. The van der Waals surface area contributed by atoms with Crippen molar-refractivity contribution >= 4 is 30.1 Å². The predicted octanol–water partition coefficient (Wildman–Crippen LogP) is 1.49. The van der Waals surface area contributed by atoms with Crippen molar-refractivity contribution in [3.8, 4) is 6.07 Å². The molecule has 2 saturated heterocycles. The molecular formula is C12H18ClN3OS. The number of nitrogens with two attached hydrogens (primary N) is 1. The van der Waals surface area contributed by atoms with Gasteiger partial charge in [-0.1, -0.05) is 12.8 Å². The van der Waals surface area contributed by atoms with Crippen molar-refractivity contribution in [2.45, 2.75) is 49.1 Å². The third-order valence-electron chi connectivity index (χ3n) is 4.47. The first-order valence-corrected chi connectivity index (χ1v) is 7.34. The lowest BCUT2D eigenvalue weighted by atomic mass is 9.82. The zero-order valence-corrected chi connectivity index (χ0v) is 11.8. The molecule has 2 aliphatic heterocycles. The zero-order chi connectivity index (χ0) is 12.0. The van der Waals surface area contributed by atoms with Crippen molar-refractivity contribution in [2.75, 3.05) is 5.75 Å². The summed E-state index contributed by atoms with van der Waals surface area (Å²) >= 11 is 1.71. The van der Waals surface area contributed by atoms with E-state index in [0.717, 1.165) is 25.0 Å². The first-order chi connectivity index (χ1) is 8.16. The van der Waals surface area contributed by atoms with Crippen molar-refractivity contribution in [1.82, 2.24) is 4.90 Å². The molecule has 3 atom stereocenters. The third-order valence-corrected chi connectivity index (χ3v) is 5.76. The number of hydrogen-bond donors (Lipinski definition) is 1. The van der Waals surface area contributed by atoms with Gasteiger partial charge in [-0.2, -0.15) is 5.26 Å². The van der Waals surface area contributed by atoms with E-state index >= 15 is 0 Å². The molecule has 0 spiro atoms. The van der Waals surface area contributed by atoms with Gasteiger partial charge < -0.3 is 10.6 Å². The van der Waals surface area contributed by atoms with Gasteiger partial charge >= 0.3 is 0 Å². The molecule has 6 heteroatoms. The normalized spacial score (nSPS) is 39.6. The molecule has 0 bridgehead atoms. The quantitative estimate of drug-likeness (QED) is 0.793. The van der Waals surface area contributed by atoms with E-state index in [1.54, 1.807) is 16.7 Å². The fourth-order valence-corrected chi connectivity index (χ4v) is 4.93. The van der Waals surface area contributed by atoms with E-state index in [9.17, 15) is 4.79 Å². The number of thioether (sulfide) groups is 1. The lowest BCUT2D eigenvalue weighted by Crippen LogP contribution is -2.54. The van der Waals surface area contributed by atoms with Crippen molar-refractivity contribution in [2.24, 2.45) is 11.7 Å². The van der Waals surface area contributed by atoms with Crippen molar-refractivity contribution in [1.29, 1.82) is 5.26 Å². The Morgan fingerprint density at radius 1 is 1.44 bits per heavy atom. The number of amides is 1. The second-order valence-corrected chi connectivity index (χ2v) is 6.58. The molecule has 0 radical (unpaired) electrons. The van der Waals surface area contributed by atoms with Crippen LogP contribution in [0.25, 0.3) is 0 Å². The van der Waals surface area contributed by atoms with Gasteiger partial charge in [-0.25, -0.2) is 0 Å². The van der Waals surface area contributed by atoms with E-state index in [2.05, 4.69) is 6.07 Å². The van der Waals surface area contributed by atoms with Gasteiger partial charge in [-0.15, -0.1) is 24.2 Å². The Bertz CT molecular complexity index is 393. The van der Waals surface area contributed by atoms with Crippen LogP contribution < -0.4 is 5.73 Å². The van der Waals surface area contributed by atoms with Gasteiger partial charge in [-0.05, 0) is 18.8 Å². The Balaban J connectivity index is 0.00000120. The maximum Gasteiger partial charge on any atom is 0.245 e. The Kier molecular flexibility index (Phi) is 3.82. The largest absolute Gasteiger partial charge is 0.317 e. The van der Waals surface area contributed by atoms with Gasteiger partial charge in [0.05, 0.1) is 11.4 Å². The lowest BCUT2D eigenvalue weighted by molar-refractivity contribution is -0.134. The number of halogens is 1. The Morgan fingerprint density at radius 3 is 2.72 bits per heavy atom. The van der Waals surface area contributed by atoms with Gasteiger partial charge in [0.25, 0.3) is 0 Å². The number of nitrogens with zero attached hydrogens (tertiary/aromatic N) is 2. The van der Waals surface area contributed by atoms with Crippen LogP contribution in [-0.4, -0.2) is 33.5 Å². The van der Waals surface area contributed by atoms with E-state index in [0.29, 0.717) is 5.92 Å². The summed E-state index contributed by atoms with van der Waals surface area (Å²) in [5, 5.41) is 9.22. The number of fused-ring (bicyclic) bond motifs is 1. The molecule has 1 amide bonds. The standard InChI is InChI=1S/C12H17N3OS.ClH/c13-6-9-7-17-10-5-12(14,11(16)15(9)10)8-3-1-2-4-8;/h8-10H,1-5,7,14H2;1H. The van der Waals surface area contributed by atoms with Crippen molar-refractivity contribution in [3.05, 3.63) is 0 Å². The van der Waals surface area contributed by atoms with Gasteiger partial charge in [0.2, 0.25) is 5.91 Å². The van der Waals surface area contributed by atoms with Crippen LogP contribution in [0.1, 0.15) is 32.1 Å². The molecule has 1 aliphatic carbocycles. The van der Waals surface area contributed by atoms with Crippen LogP contribution in [-0.2, 0) is 4.79 Å². The van der Waals surface area contributed by atoms with E-state index in [-0.39, 0.29) is 29.7 Å². The van der Waals surface area contributed by atoms with E-state index in [1.807, 2.05) is 0 Å². The number of carbonyl (C=O) groups excluding carboxylic acids is 1. The molecule has 3 unspecified atom stereocenters. The Morgan fingerprint density at radius 2 is 2.11 bits per heavy atom. The molecule has 3 aliphatic rings. The molecule has 4 nitrogen and oxygen atoms in total. The highest BCUT2D eigenvalue weighted by Gasteiger charge is 2.57. The summed E-state index contributed by atoms with van der Waals surface area (Å²) < 4.78 is 0. The summed E-state index contributed by atoms with van der Waals surface area (Å²) in [6.07, 6.45) is 5.27. The Hall–Kier alpha value is -0.440. The minimum atomic E-state index is -0.677. The van der Waals surface area contributed by atoms with E-state index in [1.165, 1.54) is 12.8 Å². The van der Waals surface area contributed by atoms with Crippen LogP contribution in [0.3, 0.4) is 0 Å². The van der Waals surface area contributed by atoms with Crippen LogP contribution in [0.2, 0.25) is 0 Å². The monoisotopic (exact) mass is 287 g/mol. The summed E-state index contributed by atoms with van der Waals surface area (Å²) in [6.45, 7) is 0. The van der Waals surface area contributed by atoms with E-state index < -0.39 is 5.54 Å². The maximum atomic E-state index is 12.5. The van der Waals surface area contributed by atoms with Gasteiger partial charge in [0, 0.05) is 12.2 Å². The molecule has 18 heavy (non-hydrogen) atoms. The van der Waals surface area contributed by atoms with Gasteiger partial charge in [0.1, 0.15) is 11.6 Å². The van der Waals surface area contributed by atoms with Crippen LogP contribution in [0.15, 0.2) is 0 Å². The predicted molar refractivity (Wildman–Crippen MR) is 73.2 cm³/mol. The molecule has 2 heterocycles. The maximum absolute atomic E-state index is 12.5. The highest BCUT2D eigenvalue weighted by atomic mass is 35.5. The zero-order valence-electron chi connectivity index (χ0n) is 10.2. The first kappa shape index (κ1) is 14.0. The summed E-state index contributed by atoms with van der Waals surface area (Å²) in [5.41, 5.74) is 5.72. The van der Waals surface area contributed by atoms with Gasteiger partial charge in [-0.3, -0.25) is 4.79 Å². The number of carbonyl (C=O) groups is 1. The third kappa shape index (κ3) is 1.82. The van der Waals surface area contributed by atoms with Gasteiger partial charge in [0.15, 0.2) is 0 Å². The molecule has 0 aromatic heterocycles. The lowest BCUT2D eigenvalue weighted by Gasteiger charge is -2.30. The first-order valence-electron chi connectivity index (χ1n) is 6.29. The van der Waals surface area contributed by atoms with Crippen LogP contribution >= 0.6 is 24.2 Å². The molecule has 3 rings (SSSR count). The molecule has 3 fully saturated rings. The molecule has 2 N–H and O–H groups in total. The summed E-state index contributed by atoms with van der Waals surface area (Å²) in [6, 6.07) is 1.96. The van der Waals surface area contributed by atoms with Crippen LogP contribution in [0.4, 0.5) is 0 Å². The average molecular weight is 288 g/mol. The summed E-state index contributed by atoms with van der Waals surface area (Å²) in [4.78, 5) is 14.3. The van der Waals surface area contributed by atoms with Crippen molar-refractivity contribution < 1.29 is 4.79 Å². The summed E-state index contributed by atoms with van der Waals surface area (Å²) in [5.74, 6) is 1.11. The van der Waals surface area contributed by atoms with E-state index in [4.69, 9.17) is 11.0 Å². The average Bonchev–Trinajstić information content (AvgIpc) is 2.99. The van der Waals surface area contributed by atoms with Crippen molar-refractivity contribution in [3.63, 3.8) is 0 Å². The number of nitriles is 1. The Labute approximate surface area is 118 Å². The fraction of sp³-hybridized carbons (Fsp3) is 0.833. The smallest absolute Gasteiger partial charge is 0.245 e. The SMILES string of the molecule is Cl.N#CC1CSC2CC(N)(C3CCCC3)C(=O)N12. The topological polar surface area (TPSA) is 70.1 Å². The molecular weight excluding hydrogens is 270 g/mol. The molecule has 100 valence electrons. The minimum Gasteiger partial charge on any atom is -0.317 e. The summed E-state index contributed by atoms with van der Waals surface area (Å²) in [7, 11) is 0. The van der Waals surface area contributed by atoms with Crippen LogP contribution in [0.5, 0.6) is 0 Å². The second kappa shape index (κ2) is 4.92. The highest BCUT2D eigenvalue weighted by Crippen LogP contribution is 2.47. The second-order valence-electron chi connectivity index (χ2n) is 5.37. The number of rotatable bonds is 1. The number of hydrogen-bond acceptors (Lipinski definition) is 4. The molecule has 0 aromatic carbocycles. The fourth-order valence-electron chi connectivity index (χ4n) is 3.49. The molecule has 0 aromatic rings. The molecule has 1 saturated carbocycles.